The fourth-order valence-corrected chi connectivity index (χ4v) is 2.79. The van der Waals surface area contributed by atoms with Gasteiger partial charge in [0.1, 0.15) is 0 Å². The topological polar surface area (TPSA) is 93.3 Å². The highest BCUT2D eigenvalue weighted by Crippen LogP contribution is 2.27. The van der Waals surface area contributed by atoms with Crippen molar-refractivity contribution in [1.29, 1.82) is 0 Å². The summed E-state index contributed by atoms with van der Waals surface area (Å²) in [7, 11) is 0. The van der Waals surface area contributed by atoms with E-state index in [9.17, 15) is 13.6 Å². The molecule has 0 fully saturated rings. The standard InChI is InChI=1S/C19H17N3O3S/c23-19(20-15-10-12-16(13-11-15)22-26(24)25)21-18-9-5-4-8-17(18)14-6-2-1-3-7-14/h1-13,22H,(H,24,25)(H2,20,21,23)/p-1. The van der Waals surface area contributed by atoms with E-state index in [0.717, 1.165) is 11.1 Å². The molecule has 0 aliphatic heterocycles. The SMILES string of the molecule is O=C(Nc1ccc(NS(=O)[O-])cc1)Nc1ccccc1-c1ccccc1. The minimum atomic E-state index is -2.38. The molecule has 0 spiro atoms. The predicted octanol–water partition coefficient (Wildman–Crippen LogP) is 4.20. The summed E-state index contributed by atoms with van der Waals surface area (Å²) in [6, 6.07) is 23.3. The van der Waals surface area contributed by atoms with Crippen LogP contribution in [0.25, 0.3) is 11.1 Å². The fourth-order valence-electron chi connectivity index (χ4n) is 2.46. The smallest absolute Gasteiger partial charge is 0.323 e. The van der Waals surface area contributed by atoms with Gasteiger partial charge in [0.15, 0.2) is 0 Å². The zero-order valence-electron chi connectivity index (χ0n) is 13.6. The van der Waals surface area contributed by atoms with Gasteiger partial charge in [0.05, 0.1) is 5.69 Å². The van der Waals surface area contributed by atoms with Gasteiger partial charge in [-0.25, -0.2) is 4.79 Å². The molecule has 3 aromatic carbocycles. The molecule has 0 aliphatic carbocycles. The summed E-state index contributed by atoms with van der Waals surface area (Å²) in [6.07, 6.45) is 0. The monoisotopic (exact) mass is 366 g/mol. The Morgan fingerprint density at radius 1 is 0.769 bits per heavy atom. The first-order valence-electron chi connectivity index (χ1n) is 7.80. The lowest BCUT2D eigenvalue weighted by molar-refractivity contribution is 0.262. The van der Waals surface area contributed by atoms with Crippen molar-refractivity contribution in [3.8, 4) is 11.1 Å². The number of hydrogen-bond donors (Lipinski definition) is 3. The Hall–Kier alpha value is -3.16. The molecular formula is C19H16N3O3S-. The van der Waals surface area contributed by atoms with E-state index in [-0.39, 0.29) is 6.03 Å². The maximum absolute atomic E-state index is 12.3. The average molecular weight is 366 g/mol. The summed E-state index contributed by atoms with van der Waals surface area (Å²) >= 11 is -2.38. The number of hydrogen-bond acceptors (Lipinski definition) is 3. The maximum atomic E-state index is 12.3. The molecule has 6 nitrogen and oxygen atoms in total. The van der Waals surface area contributed by atoms with Crippen LogP contribution in [-0.2, 0) is 11.3 Å². The molecule has 2 amide bonds. The van der Waals surface area contributed by atoms with Gasteiger partial charge in [-0.05, 0) is 35.9 Å². The molecule has 1 atom stereocenters. The molecule has 3 N–H and O–H groups in total. The molecule has 7 heteroatoms. The lowest BCUT2D eigenvalue weighted by Gasteiger charge is -2.13. The number of anilines is 3. The third-order valence-corrected chi connectivity index (χ3v) is 4.01. The van der Waals surface area contributed by atoms with Crippen LogP contribution in [0.2, 0.25) is 0 Å². The van der Waals surface area contributed by atoms with E-state index in [4.69, 9.17) is 0 Å². The van der Waals surface area contributed by atoms with Gasteiger partial charge in [-0.1, -0.05) is 48.5 Å². The van der Waals surface area contributed by atoms with Crippen molar-refractivity contribution >= 4 is 34.4 Å². The number of benzene rings is 3. The molecular weight excluding hydrogens is 350 g/mol. The highest BCUT2D eigenvalue weighted by molar-refractivity contribution is 7.80. The third kappa shape index (κ3) is 4.69. The van der Waals surface area contributed by atoms with Crippen LogP contribution >= 0.6 is 0 Å². The lowest BCUT2D eigenvalue weighted by atomic mass is 10.0. The Balaban J connectivity index is 1.70. The van der Waals surface area contributed by atoms with Crippen LogP contribution in [0.15, 0.2) is 78.9 Å². The summed E-state index contributed by atoms with van der Waals surface area (Å²) in [5, 5.41) is 5.56. The Bertz CT molecular complexity index is 915. The Morgan fingerprint density at radius 2 is 1.38 bits per heavy atom. The summed E-state index contributed by atoms with van der Waals surface area (Å²) in [5.41, 5.74) is 3.57. The minimum absolute atomic E-state index is 0.388. The number of carbonyl (C=O) groups is 1. The first-order valence-corrected chi connectivity index (χ1v) is 8.88. The largest absolute Gasteiger partial charge is 0.755 e. The van der Waals surface area contributed by atoms with Gasteiger partial charge in [-0.2, -0.15) is 0 Å². The average Bonchev–Trinajstić information content (AvgIpc) is 2.64. The number of urea groups is 1. The Labute approximate surface area is 153 Å². The van der Waals surface area contributed by atoms with Crippen LogP contribution in [0.1, 0.15) is 0 Å². The lowest BCUT2D eigenvalue weighted by Crippen LogP contribution is -2.19. The quantitative estimate of drug-likeness (QED) is 0.591. The van der Waals surface area contributed by atoms with Crippen LogP contribution in [0, 0.1) is 0 Å². The molecule has 0 bridgehead atoms. The fraction of sp³-hybridized carbons (Fsp3) is 0. The van der Waals surface area contributed by atoms with E-state index >= 15 is 0 Å². The Kier molecular flexibility index (Phi) is 5.62. The zero-order chi connectivity index (χ0) is 18.4. The molecule has 0 saturated carbocycles. The summed E-state index contributed by atoms with van der Waals surface area (Å²) in [4.78, 5) is 12.3. The summed E-state index contributed by atoms with van der Waals surface area (Å²) < 4.78 is 23.4. The van der Waals surface area contributed by atoms with Crippen molar-refractivity contribution in [2.45, 2.75) is 0 Å². The van der Waals surface area contributed by atoms with E-state index in [1.165, 1.54) is 0 Å². The Morgan fingerprint density at radius 3 is 2.08 bits per heavy atom. The second kappa shape index (κ2) is 8.28. The van der Waals surface area contributed by atoms with Crippen LogP contribution < -0.4 is 15.4 Å². The van der Waals surface area contributed by atoms with Gasteiger partial charge in [0.2, 0.25) is 0 Å². The minimum Gasteiger partial charge on any atom is -0.755 e. The molecule has 0 aliphatic rings. The van der Waals surface area contributed by atoms with E-state index in [1.54, 1.807) is 24.3 Å². The normalized spacial score (nSPS) is 11.4. The highest BCUT2D eigenvalue weighted by atomic mass is 32.2. The van der Waals surface area contributed by atoms with Gasteiger partial charge in [0, 0.05) is 28.2 Å². The molecule has 0 aromatic heterocycles. The zero-order valence-corrected chi connectivity index (χ0v) is 14.5. The van der Waals surface area contributed by atoms with Gasteiger partial charge in [0.25, 0.3) is 0 Å². The van der Waals surface area contributed by atoms with Crippen molar-refractivity contribution < 1.29 is 13.6 Å². The molecule has 3 rings (SSSR count). The number of nitrogens with one attached hydrogen (secondary N) is 3. The summed E-state index contributed by atoms with van der Waals surface area (Å²) in [6.45, 7) is 0. The number of rotatable bonds is 5. The molecule has 0 radical (unpaired) electrons. The maximum Gasteiger partial charge on any atom is 0.323 e. The molecule has 0 heterocycles. The molecule has 0 saturated heterocycles. The molecule has 26 heavy (non-hydrogen) atoms. The van der Waals surface area contributed by atoms with Crippen LogP contribution in [-0.4, -0.2) is 14.8 Å². The van der Waals surface area contributed by atoms with Crippen molar-refractivity contribution in [1.82, 2.24) is 0 Å². The van der Waals surface area contributed by atoms with E-state index in [0.29, 0.717) is 17.1 Å². The first kappa shape index (κ1) is 17.7. The predicted molar refractivity (Wildman–Crippen MR) is 104 cm³/mol. The van der Waals surface area contributed by atoms with Crippen molar-refractivity contribution in [2.75, 3.05) is 15.4 Å². The number of carbonyl (C=O) groups excluding carboxylic acids is 1. The van der Waals surface area contributed by atoms with Gasteiger partial charge in [-0.3, -0.25) is 4.21 Å². The van der Waals surface area contributed by atoms with E-state index in [2.05, 4.69) is 15.4 Å². The van der Waals surface area contributed by atoms with Gasteiger partial charge < -0.3 is 19.9 Å². The van der Waals surface area contributed by atoms with Crippen LogP contribution in [0.5, 0.6) is 0 Å². The van der Waals surface area contributed by atoms with Crippen molar-refractivity contribution in [3.05, 3.63) is 78.9 Å². The van der Waals surface area contributed by atoms with Crippen molar-refractivity contribution in [3.63, 3.8) is 0 Å². The van der Waals surface area contributed by atoms with Crippen LogP contribution in [0.4, 0.5) is 21.9 Å². The summed E-state index contributed by atoms with van der Waals surface area (Å²) in [5.74, 6) is 0. The van der Waals surface area contributed by atoms with Crippen molar-refractivity contribution in [2.24, 2.45) is 0 Å². The van der Waals surface area contributed by atoms with Gasteiger partial charge >= 0.3 is 6.03 Å². The molecule has 3 aromatic rings. The van der Waals surface area contributed by atoms with E-state index < -0.39 is 11.3 Å². The molecule has 132 valence electrons. The highest BCUT2D eigenvalue weighted by Gasteiger charge is 2.08. The second-order valence-electron chi connectivity index (χ2n) is 5.40. The molecule has 1 unspecified atom stereocenters. The number of para-hydroxylation sites is 1. The first-order chi connectivity index (χ1) is 12.6. The van der Waals surface area contributed by atoms with E-state index in [1.807, 2.05) is 54.6 Å². The third-order valence-electron chi connectivity index (χ3n) is 3.60. The van der Waals surface area contributed by atoms with Gasteiger partial charge in [-0.15, -0.1) is 0 Å². The number of amides is 2. The van der Waals surface area contributed by atoms with Crippen LogP contribution in [0.3, 0.4) is 0 Å². The second-order valence-corrected chi connectivity index (χ2v) is 6.08.